The summed E-state index contributed by atoms with van der Waals surface area (Å²) in [6, 6.07) is 0. The third-order valence-corrected chi connectivity index (χ3v) is 4.52. The second-order valence-corrected chi connectivity index (χ2v) is 6.43. The Hall–Kier alpha value is -2.20. The highest BCUT2D eigenvalue weighted by molar-refractivity contribution is 5.69. The van der Waals surface area contributed by atoms with E-state index < -0.39 is 72.3 Å². The summed E-state index contributed by atoms with van der Waals surface area (Å²) in [6.45, 7) is 4.54. The van der Waals surface area contributed by atoms with Gasteiger partial charge in [-0.15, -0.1) is 0 Å². The molecule has 0 unspecified atom stereocenters. The van der Waals surface area contributed by atoms with Gasteiger partial charge in [0, 0.05) is 39.5 Å². The van der Waals surface area contributed by atoms with Gasteiger partial charge in [-0.25, -0.2) is 0 Å². The van der Waals surface area contributed by atoms with Crippen LogP contribution in [0.3, 0.4) is 0 Å². The third kappa shape index (κ3) is 3.80. The smallest absolute Gasteiger partial charge is 0.303 e. The number of carbonyl (C=O) groups excluding carboxylic acids is 4. The first kappa shape index (κ1) is 20.1. The monoisotopic (exact) mass is 374 g/mol. The van der Waals surface area contributed by atoms with Crippen LogP contribution in [0, 0.1) is 11.8 Å². The fraction of sp³-hybridized carbons (Fsp3) is 0.750. The van der Waals surface area contributed by atoms with Crippen LogP contribution in [-0.2, 0) is 38.1 Å². The molecule has 2 N–H and O–H groups in total. The maximum absolute atomic E-state index is 11.4. The van der Waals surface area contributed by atoms with E-state index >= 15 is 0 Å². The molecule has 0 heterocycles. The van der Waals surface area contributed by atoms with Gasteiger partial charge in [0.1, 0.15) is 36.6 Å². The summed E-state index contributed by atoms with van der Waals surface area (Å²) in [5.74, 6) is -4.43. The van der Waals surface area contributed by atoms with Gasteiger partial charge < -0.3 is 29.2 Å². The number of carbonyl (C=O) groups is 4. The van der Waals surface area contributed by atoms with Crippen LogP contribution < -0.4 is 0 Å². The number of fused-ring (bicyclic) bond motifs is 1. The standard InChI is InChI=1S/C16H22O10/c1-5(17)23-13-9-10(14(24-6(2)18)12(22)11(13)21)16(26-8(4)20)15(9)25-7(3)19/h9-16,21-22H,1-4H3/t9-,10+,11-,12+,13-,14+,15-,16-/m0/s1. The minimum absolute atomic E-state index is 0.670. The molecule has 0 spiro atoms. The van der Waals surface area contributed by atoms with Crippen LogP contribution in [0.15, 0.2) is 0 Å². The predicted molar refractivity (Wildman–Crippen MR) is 81.2 cm³/mol. The van der Waals surface area contributed by atoms with Crippen LogP contribution in [0.5, 0.6) is 0 Å². The molecule has 2 fully saturated rings. The normalized spacial score (nSPS) is 38.2. The maximum Gasteiger partial charge on any atom is 0.303 e. The summed E-state index contributed by atoms with van der Waals surface area (Å²) in [5.41, 5.74) is 0. The Bertz CT molecular complexity index is 550. The van der Waals surface area contributed by atoms with Crippen molar-refractivity contribution in [3.63, 3.8) is 0 Å². The first-order valence-electron chi connectivity index (χ1n) is 8.09. The summed E-state index contributed by atoms with van der Waals surface area (Å²) in [4.78, 5) is 45.6. The molecule has 0 saturated heterocycles. The van der Waals surface area contributed by atoms with Crippen molar-refractivity contribution in [1.29, 1.82) is 0 Å². The largest absolute Gasteiger partial charge is 0.459 e. The van der Waals surface area contributed by atoms with Crippen LogP contribution in [0.25, 0.3) is 0 Å². The quantitative estimate of drug-likeness (QED) is 0.449. The second-order valence-electron chi connectivity index (χ2n) is 6.43. The molecule has 10 heteroatoms. The van der Waals surface area contributed by atoms with Crippen molar-refractivity contribution < 1.29 is 48.3 Å². The Morgan fingerprint density at radius 3 is 1.00 bits per heavy atom. The molecule has 2 aliphatic rings. The van der Waals surface area contributed by atoms with E-state index in [-0.39, 0.29) is 0 Å². The van der Waals surface area contributed by atoms with Crippen LogP contribution in [0.4, 0.5) is 0 Å². The van der Waals surface area contributed by atoms with Gasteiger partial charge in [-0.3, -0.25) is 19.2 Å². The van der Waals surface area contributed by atoms with E-state index in [0.717, 1.165) is 27.7 Å². The van der Waals surface area contributed by atoms with E-state index in [2.05, 4.69) is 0 Å². The molecule has 2 rings (SSSR count). The highest BCUT2D eigenvalue weighted by Gasteiger charge is 2.69. The minimum atomic E-state index is -1.58. The molecule has 0 aromatic heterocycles. The van der Waals surface area contributed by atoms with Gasteiger partial charge in [0.2, 0.25) is 0 Å². The molecule has 146 valence electrons. The van der Waals surface area contributed by atoms with Crippen LogP contribution in [0.1, 0.15) is 27.7 Å². The maximum atomic E-state index is 11.4. The van der Waals surface area contributed by atoms with Crippen molar-refractivity contribution in [2.45, 2.75) is 64.3 Å². The first-order valence-corrected chi connectivity index (χ1v) is 8.09. The van der Waals surface area contributed by atoms with Gasteiger partial charge in [0.15, 0.2) is 0 Å². The zero-order valence-corrected chi connectivity index (χ0v) is 14.8. The number of hydrogen-bond donors (Lipinski definition) is 2. The van der Waals surface area contributed by atoms with Crippen molar-refractivity contribution in [3.8, 4) is 0 Å². The van der Waals surface area contributed by atoms with Gasteiger partial charge in [0.05, 0.1) is 0 Å². The number of hydrogen-bond acceptors (Lipinski definition) is 10. The molecule has 2 aliphatic carbocycles. The number of aliphatic hydroxyl groups is 2. The molecule has 10 nitrogen and oxygen atoms in total. The fourth-order valence-electron chi connectivity index (χ4n) is 3.74. The summed E-state index contributed by atoms with van der Waals surface area (Å²) in [6.07, 6.45) is -7.66. The molecule has 0 aromatic carbocycles. The Morgan fingerprint density at radius 1 is 0.538 bits per heavy atom. The molecule has 0 bridgehead atoms. The van der Waals surface area contributed by atoms with E-state index in [0.29, 0.717) is 0 Å². The van der Waals surface area contributed by atoms with E-state index in [1.807, 2.05) is 0 Å². The second kappa shape index (κ2) is 7.58. The summed E-state index contributed by atoms with van der Waals surface area (Å²) < 4.78 is 20.6. The number of aliphatic hydroxyl groups excluding tert-OH is 2. The van der Waals surface area contributed by atoms with Crippen molar-refractivity contribution in [2.75, 3.05) is 0 Å². The zero-order valence-electron chi connectivity index (χ0n) is 14.8. The summed E-state index contributed by atoms with van der Waals surface area (Å²) in [7, 11) is 0. The molecule has 0 aliphatic heterocycles. The lowest BCUT2D eigenvalue weighted by molar-refractivity contribution is -0.296. The summed E-state index contributed by atoms with van der Waals surface area (Å²) in [5, 5.41) is 20.7. The number of esters is 4. The van der Waals surface area contributed by atoms with E-state index in [1.54, 1.807) is 0 Å². The Kier molecular flexibility index (Phi) is 5.87. The topological polar surface area (TPSA) is 146 Å². The van der Waals surface area contributed by atoms with Gasteiger partial charge in [-0.05, 0) is 0 Å². The van der Waals surface area contributed by atoms with Crippen molar-refractivity contribution >= 4 is 23.9 Å². The van der Waals surface area contributed by atoms with E-state index in [1.165, 1.54) is 0 Å². The molecular weight excluding hydrogens is 352 g/mol. The lowest BCUT2D eigenvalue weighted by atomic mass is 9.57. The number of rotatable bonds is 4. The van der Waals surface area contributed by atoms with Crippen molar-refractivity contribution in [1.82, 2.24) is 0 Å². The molecule has 2 saturated carbocycles. The van der Waals surface area contributed by atoms with E-state index in [9.17, 15) is 29.4 Å². The Labute approximate surface area is 149 Å². The molecule has 0 radical (unpaired) electrons. The first-order chi connectivity index (χ1) is 12.0. The van der Waals surface area contributed by atoms with Crippen LogP contribution >= 0.6 is 0 Å². The third-order valence-electron chi connectivity index (χ3n) is 4.52. The molecular formula is C16H22O10. The molecule has 0 aromatic rings. The average Bonchev–Trinajstić information content (AvgIpc) is 2.49. The van der Waals surface area contributed by atoms with Gasteiger partial charge >= 0.3 is 23.9 Å². The highest BCUT2D eigenvalue weighted by atomic mass is 16.6. The zero-order chi connectivity index (χ0) is 19.8. The Balaban J connectivity index is 2.41. The highest BCUT2D eigenvalue weighted by Crippen LogP contribution is 2.51. The van der Waals surface area contributed by atoms with E-state index in [4.69, 9.17) is 18.9 Å². The molecule has 0 amide bonds. The Morgan fingerprint density at radius 2 is 0.769 bits per heavy atom. The summed E-state index contributed by atoms with van der Waals surface area (Å²) >= 11 is 0. The number of ether oxygens (including phenoxy) is 4. The lowest BCUT2D eigenvalue weighted by Crippen LogP contribution is -2.75. The lowest BCUT2D eigenvalue weighted by Gasteiger charge is -2.58. The minimum Gasteiger partial charge on any atom is -0.459 e. The van der Waals surface area contributed by atoms with Gasteiger partial charge in [-0.2, -0.15) is 0 Å². The average molecular weight is 374 g/mol. The van der Waals surface area contributed by atoms with Crippen molar-refractivity contribution in [3.05, 3.63) is 0 Å². The van der Waals surface area contributed by atoms with Crippen LogP contribution in [0.2, 0.25) is 0 Å². The SMILES string of the molecule is CC(=O)O[C@@H]1[C@@H](O)[C@@H](O)[C@H](OC(C)=O)[C@@H]2[C@H](OC(C)=O)[C@@H](OC(C)=O)[C@H]12. The van der Waals surface area contributed by atoms with Gasteiger partial charge in [-0.1, -0.05) is 0 Å². The fourth-order valence-corrected chi connectivity index (χ4v) is 3.74. The predicted octanol–water partition coefficient (Wildman–Crippen LogP) is -1.31. The molecule has 8 atom stereocenters. The van der Waals surface area contributed by atoms with Crippen molar-refractivity contribution in [2.24, 2.45) is 11.8 Å². The molecule has 26 heavy (non-hydrogen) atoms. The van der Waals surface area contributed by atoms with Gasteiger partial charge in [0.25, 0.3) is 0 Å². The van der Waals surface area contributed by atoms with Crippen LogP contribution in [-0.4, -0.2) is 70.7 Å².